The summed E-state index contributed by atoms with van der Waals surface area (Å²) in [6.45, 7) is 23.7. The maximum atomic E-state index is 12.0. The predicted octanol–water partition coefficient (Wildman–Crippen LogP) is 7.22. The minimum absolute atomic E-state index is 0.0113. The Kier molecular flexibility index (Phi) is 11.1. The highest BCUT2D eigenvalue weighted by Crippen LogP contribution is 2.37. The van der Waals surface area contributed by atoms with Crippen molar-refractivity contribution in [1.29, 1.82) is 0 Å². The van der Waals surface area contributed by atoms with Crippen LogP contribution in [0.2, 0.25) is 5.02 Å². The van der Waals surface area contributed by atoms with E-state index in [9.17, 15) is 4.79 Å². The third-order valence-electron chi connectivity index (χ3n) is 11.0. The summed E-state index contributed by atoms with van der Waals surface area (Å²) in [5, 5.41) is 0.557. The van der Waals surface area contributed by atoms with Gasteiger partial charge in [0.2, 0.25) is 11.9 Å². The fraction of sp³-hybridized carbons (Fsp3) is 0.625. The van der Waals surface area contributed by atoms with Gasteiger partial charge in [0.25, 0.3) is 0 Å². The Morgan fingerprint density at radius 3 is 2.10 bits per heavy atom. The number of carbonyl (C=O) groups is 1. The number of nitrogens with zero attached hydrogens (tertiary/aromatic N) is 8. The maximum absolute atomic E-state index is 12.0. The molecule has 2 aromatic heterocycles. The van der Waals surface area contributed by atoms with E-state index in [0.717, 1.165) is 75.9 Å². The molecule has 0 aliphatic carbocycles. The van der Waals surface area contributed by atoms with E-state index in [0.29, 0.717) is 30.7 Å². The van der Waals surface area contributed by atoms with Crippen molar-refractivity contribution in [2.75, 3.05) is 65.5 Å². The molecule has 3 aliphatic heterocycles. The summed E-state index contributed by atoms with van der Waals surface area (Å²) >= 11 is 6.91. The molecule has 0 radical (unpaired) electrons. The van der Waals surface area contributed by atoms with Crippen LogP contribution in [0.25, 0.3) is 0 Å². The fourth-order valence-corrected chi connectivity index (χ4v) is 7.81. The SMILES string of the molecule is CC[C@@H]1C[C@H](N(Cc2cc(C(C)(C)C)cc(C(C)(C)C)c2)c2ncc(N3CCOCC3)cn2)CN1c1nc(N2CCC(C(C)=O)CC2)ncc1Cl. The van der Waals surface area contributed by atoms with Gasteiger partial charge in [-0.2, -0.15) is 4.98 Å². The summed E-state index contributed by atoms with van der Waals surface area (Å²) < 4.78 is 5.59. The summed E-state index contributed by atoms with van der Waals surface area (Å²) in [7, 11) is 0. The number of rotatable bonds is 9. The van der Waals surface area contributed by atoms with Crippen LogP contribution in [0.4, 0.5) is 23.4 Å². The van der Waals surface area contributed by atoms with E-state index in [2.05, 4.69) is 91.2 Å². The number of halogens is 1. The van der Waals surface area contributed by atoms with Gasteiger partial charge in [-0.15, -0.1) is 0 Å². The number of aromatic nitrogens is 4. The maximum Gasteiger partial charge on any atom is 0.227 e. The lowest BCUT2D eigenvalue weighted by atomic mass is 9.79. The Morgan fingerprint density at radius 1 is 0.902 bits per heavy atom. The van der Waals surface area contributed by atoms with E-state index in [4.69, 9.17) is 31.3 Å². The molecular formula is C40H57ClN8O2. The smallest absolute Gasteiger partial charge is 0.227 e. The van der Waals surface area contributed by atoms with Crippen LogP contribution in [0.1, 0.15) is 97.8 Å². The molecule has 3 saturated heterocycles. The molecule has 0 unspecified atom stereocenters. The number of piperidine rings is 1. The lowest BCUT2D eigenvalue weighted by Crippen LogP contribution is -2.40. The number of hydrogen-bond acceptors (Lipinski definition) is 10. The van der Waals surface area contributed by atoms with Crippen LogP contribution in [0.15, 0.2) is 36.8 Å². The Hall–Kier alpha value is -3.50. The molecule has 11 heteroatoms. The monoisotopic (exact) mass is 716 g/mol. The molecule has 276 valence electrons. The minimum Gasteiger partial charge on any atom is -0.378 e. The molecule has 51 heavy (non-hydrogen) atoms. The van der Waals surface area contributed by atoms with Crippen molar-refractivity contribution in [2.45, 2.75) is 111 Å². The molecule has 0 saturated carbocycles. The zero-order valence-corrected chi connectivity index (χ0v) is 32.7. The van der Waals surface area contributed by atoms with Crippen molar-refractivity contribution >= 4 is 40.8 Å². The molecule has 10 nitrogen and oxygen atoms in total. The van der Waals surface area contributed by atoms with Crippen molar-refractivity contribution in [1.82, 2.24) is 19.9 Å². The molecule has 6 rings (SSSR count). The van der Waals surface area contributed by atoms with E-state index in [1.165, 1.54) is 16.7 Å². The highest BCUT2D eigenvalue weighted by atomic mass is 35.5. The third-order valence-corrected chi connectivity index (χ3v) is 11.2. The Bertz CT molecular complexity index is 1620. The van der Waals surface area contributed by atoms with Crippen molar-refractivity contribution in [3.63, 3.8) is 0 Å². The van der Waals surface area contributed by atoms with E-state index in [-0.39, 0.29) is 34.6 Å². The number of ether oxygens (including phenoxy) is 1. The molecule has 2 atom stereocenters. The Morgan fingerprint density at radius 2 is 1.53 bits per heavy atom. The molecule has 0 spiro atoms. The largest absolute Gasteiger partial charge is 0.378 e. The average molecular weight is 717 g/mol. The molecule has 3 aromatic rings. The number of benzene rings is 1. The highest BCUT2D eigenvalue weighted by molar-refractivity contribution is 6.32. The van der Waals surface area contributed by atoms with Crippen LogP contribution in [0.3, 0.4) is 0 Å². The van der Waals surface area contributed by atoms with Gasteiger partial charge in [-0.1, -0.05) is 78.3 Å². The summed E-state index contributed by atoms with van der Waals surface area (Å²) in [5.74, 6) is 2.58. The van der Waals surface area contributed by atoms with Crippen LogP contribution >= 0.6 is 11.6 Å². The predicted molar refractivity (Wildman–Crippen MR) is 208 cm³/mol. The van der Waals surface area contributed by atoms with E-state index < -0.39 is 0 Å². The number of hydrogen-bond donors (Lipinski definition) is 0. The second-order valence-corrected chi connectivity index (χ2v) is 17.1. The van der Waals surface area contributed by atoms with Gasteiger partial charge in [-0.25, -0.2) is 15.0 Å². The molecule has 5 heterocycles. The molecule has 0 N–H and O–H groups in total. The lowest BCUT2D eigenvalue weighted by molar-refractivity contribution is -0.121. The number of Topliss-reactive ketones (excluding diaryl/α,β-unsaturated/α-hetero) is 1. The van der Waals surface area contributed by atoms with Gasteiger partial charge >= 0.3 is 0 Å². The van der Waals surface area contributed by atoms with Crippen molar-refractivity contribution in [2.24, 2.45) is 5.92 Å². The summed E-state index contributed by atoms with van der Waals surface area (Å²) in [6.07, 6.45) is 9.22. The zero-order chi connectivity index (χ0) is 36.5. The third kappa shape index (κ3) is 8.60. The van der Waals surface area contributed by atoms with Gasteiger partial charge in [0.15, 0.2) is 5.82 Å². The number of ketones is 1. The van der Waals surface area contributed by atoms with Crippen molar-refractivity contribution in [3.05, 3.63) is 58.5 Å². The van der Waals surface area contributed by atoms with Crippen LogP contribution in [0, 0.1) is 5.92 Å². The molecule has 1 aromatic carbocycles. The first-order chi connectivity index (χ1) is 24.2. The van der Waals surface area contributed by atoms with Crippen LogP contribution < -0.4 is 19.6 Å². The van der Waals surface area contributed by atoms with Gasteiger partial charge < -0.3 is 24.3 Å². The first-order valence-corrected chi connectivity index (χ1v) is 19.2. The second-order valence-electron chi connectivity index (χ2n) is 16.7. The van der Waals surface area contributed by atoms with Gasteiger partial charge in [-0.05, 0) is 60.1 Å². The van der Waals surface area contributed by atoms with E-state index in [1.807, 2.05) is 12.4 Å². The minimum atomic E-state index is 0.0113. The number of carbonyl (C=O) groups excluding carboxylic acids is 1. The first-order valence-electron chi connectivity index (χ1n) is 18.8. The van der Waals surface area contributed by atoms with Gasteiger partial charge in [0, 0.05) is 51.2 Å². The normalized spacial score (nSPS) is 20.6. The highest BCUT2D eigenvalue weighted by Gasteiger charge is 2.38. The zero-order valence-electron chi connectivity index (χ0n) is 32.0. The average Bonchev–Trinajstić information content (AvgIpc) is 3.54. The standard InChI is InChI=1S/C40H57ClN8O2/c1-9-32-21-33(26-48(32)36-35(41)24-44-38(45-36)47-12-10-29(11-13-47)27(2)50)49(37-42-22-34(23-43-37)46-14-16-51-17-15-46)25-28-18-30(39(3,4)5)20-31(19-28)40(6,7)8/h18-20,22-24,29,32-33H,9-17,21,25-26H2,1-8H3/t32-,33+/m1/s1. The van der Waals surface area contributed by atoms with Crippen LogP contribution in [-0.2, 0) is 26.9 Å². The summed E-state index contributed by atoms with van der Waals surface area (Å²) in [5.41, 5.74) is 4.98. The first kappa shape index (κ1) is 37.3. The Balaban J connectivity index is 1.33. The number of morpholine rings is 1. The van der Waals surface area contributed by atoms with Crippen LogP contribution in [-0.4, -0.2) is 83.7 Å². The molecule has 0 bridgehead atoms. The Labute approximate surface area is 310 Å². The fourth-order valence-electron chi connectivity index (χ4n) is 7.61. The molecule has 3 aliphatic rings. The van der Waals surface area contributed by atoms with Crippen molar-refractivity contribution < 1.29 is 9.53 Å². The summed E-state index contributed by atoms with van der Waals surface area (Å²) in [6, 6.07) is 7.48. The lowest BCUT2D eigenvalue weighted by Gasteiger charge is -2.33. The van der Waals surface area contributed by atoms with E-state index in [1.54, 1.807) is 13.1 Å². The van der Waals surface area contributed by atoms with Crippen molar-refractivity contribution in [3.8, 4) is 0 Å². The van der Waals surface area contributed by atoms with E-state index >= 15 is 0 Å². The van der Waals surface area contributed by atoms with Gasteiger partial charge in [0.05, 0.1) is 43.5 Å². The molecule has 0 amide bonds. The van der Waals surface area contributed by atoms with Gasteiger partial charge in [0.1, 0.15) is 10.8 Å². The second kappa shape index (κ2) is 15.2. The summed E-state index contributed by atoms with van der Waals surface area (Å²) in [4.78, 5) is 41.1. The van der Waals surface area contributed by atoms with Gasteiger partial charge in [-0.3, -0.25) is 4.79 Å². The number of anilines is 4. The quantitative estimate of drug-likeness (QED) is 0.226. The molecule has 3 fully saturated rings. The topological polar surface area (TPSA) is 90.8 Å². The molecular weight excluding hydrogens is 660 g/mol. The van der Waals surface area contributed by atoms with Crippen LogP contribution in [0.5, 0.6) is 0 Å².